The molecular formula is C23H30ClN5O5S. The fourth-order valence-electron chi connectivity index (χ4n) is 4.89. The molecule has 1 aromatic carbocycles. The van der Waals surface area contributed by atoms with Gasteiger partial charge in [-0.15, -0.1) is 0 Å². The molecule has 1 aromatic heterocycles. The average molecular weight is 524 g/mol. The third-order valence-electron chi connectivity index (χ3n) is 6.90. The van der Waals surface area contributed by atoms with Crippen LogP contribution in [0.25, 0.3) is 0 Å². The summed E-state index contributed by atoms with van der Waals surface area (Å²) in [7, 11) is -3.95. The van der Waals surface area contributed by atoms with Gasteiger partial charge in [-0.25, -0.2) is 8.42 Å². The molecule has 4 heterocycles. The van der Waals surface area contributed by atoms with Crippen LogP contribution in [0.1, 0.15) is 30.1 Å². The number of carbonyl (C=O) groups is 1. The zero-order valence-electron chi connectivity index (χ0n) is 19.7. The number of piperidine rings is 1. The predicted molar refractivity (Wildman–Crippen MR) is 130 cm³/mol. The Balaban J connectivity index is 1.32. The van der Waals surface area contributed by atoms with Crippen LogP contribution in [0.3, 0.4) is 0 Å². The van der Waals surface area contributed by atoms with Crippen LogP contribution < -0.4 is 4.90 Å². The maximum Gasteiger partial charge on any atom is 0.263 e. The summed E-state index contributed by atoms with van der Waals surface area (Å²) in [4.78, 5) is 17.2. The summed E-state index contributed by atoms with van der Waals surface area (Å²) in [5.74, 6) is -0.934. The van der Waals surface area contributed by atoms with E-state index in [0.717, 1.165) is 5.69 Å². The molecule has 1 spiro atoms. The van der Waals surface area contributed by atoms with Crippen molar-refractivity contribution in [3.63, 3.8) is 0 Å². The Morgan fingerprint density at radius 1 is 1.09 bits per heavy atom. The third-order valence-corrected chi connectivity index (χ3v) is 8.97. The minimum absolute atomic E-state index is 0.119. The molecule has 5 rings (SSSR count). The zero-order valence-corrected chi connectivity index (χ0v) is 21.3. The number of halogens is 1. The standard InChI is InChI=1S/C23H30ClN5O5S/c1-2-28-17-20(22(30)27-8-6-23(7-9-27)33-14-15-34-23)21(25-28)35(31,32)29-12-10-26(11-13-29)19-5-3-4-18(24)16-19/h3-5,16-17H,2,6-15H2,1H3. The van der Waals surface area contributed by atoms with Crippen molar-refractivity contribution in [2.45, 2.75) is 37.1 Å². The van der Waals surface area contributed by atoms with E-state index in [1.807, 2.05) is 31.2 Å². The molecular weight excluding hydrogens is 494 g/mol. The van der Waals surface area contributed by atoms with Crippen LogP contribution in [-0.4, -0.2) is 91.6 Å². The van der Waals surface area contributed by atoms with Crippen molar-refractivity contribution in [2.75, 3.05) is 57.4 Å². The average Bonchev–Trinajstić information content (AvgIpc) is 3.52. The second-order valence-corrected chi connectivity index (χ2v) is 11.3. The summed E-state index contributed by atoms with van der Waals surface area (Å²) >= 11 is 6.11. The molecule has 10 nitrogen and oxygen atoms in total. The molecule has 3 saturated heterocycles. The highest BCUT2D eigenvalue weighted by atomic mass is 35.5. The lowest BCUT2D eigenvalue weighted by Gasteiger charge is -2.37. The van der Waals surface area contributed by atoms with Crippen molar-refractivity contribution < 1.29 is 22.7 Å². The minimum Gasteiger partial charge on any atom is -0.369 e. The second-order valence-electron chi connectivity index (χ2n) is 8.97. The van der Waals surface area contributed by atoms with Gasteiger partial charge in [0.05, 0.1) is 18.8 Å². The second kappa shape index (κ2) is 9.70. The molecule has 0 radical (unpaired) electrons. The van der Waals surface area contributed by atoms with Gasteiger partial charge >= 0.3 is 0 Å². The highest BCUT2D eigenvalue weighted by Gasteiger charge is 2.42. The first-order valence-corrected chi connectivity index (χ1v) is 13.8. The van der Waals surface area contributed by atoms with E-state index in [0.29, 0.717) is 76.9 Å². The number of sulfonamides is 1. The third kappa shape index (κ3) is 4.79. The van der Waals surface area contributed by atoms with Gasteiger partial charge in [0.2, 0.25) is 5.03 Å². The number of benzene rings is 1. The van der Waals surface area contributed by atoms with Gasteiger partial charge in [0.15, 0.2) is 5.79 Å². The summed E-state index contributed by atoms with van der Waals surface area (Å²) in [5.41, 5.74) is 1.08. The molecule has 190 valence electrons. The first kappa shape index (κ1) is 24.5. The number of carbonyl (C=O) groups excluding carboxylic acids is 1. The Morgan fingerprint density at radius 2 is 1.77 bits per heavy atom. The highest BCUT2D eigenvalue weighted by molar-refractivity contribution is 7.89. The molecule has 3 aliphatic heterocycles. The molecule has 0 saturated carbocycles. The molecule has 0 unspecified atom stereocenters. The van der Waals surface area contributed by atoms with Crippen molar-refractivity contribution in [3.8, 4) is 0 Å². The van der Waals surface area contributed by atoms with Crippen LogP contribution >= 0.6 is 11.6 Å². The summed E-state index contributed by atoms with van der Waals surface area (Å²) in [6.45, 7) is 5.95. The summed E-state index contributed by atoms with van der Waals surface area (Å²) in [6, 6.07) is 7.52. The number of rotatable bonds is 5. The molecule has 0 atom stereocenters. The van der Waals surface area contributed by atoms with E-state index in [4.69, 9.17) is 21.1 Å². The van der Waals surface area contributed by atoms with Gasteiger partial charge in [-0.2, -0.15) is 9.40 Å². The van der Waals surface area contributed by atoms with Gasteiger partial charge in [0, 0.05) is 75.6 Å². The minimum atomic E-state index is -3.95. The Kier molecular flexibility index (Phi) is 6.79. The number of anilines is 1. The number of hydrogen-bond donors (Lipinski definition) is 0. The van der Waals surface area contributed by atoms with Crippen LogP contribution in [0.2, 0.25) is 5.02 Å². The molecule has 0 aliphatic carbocycles. The normalized spacial score (nSPS) is 21.1. The van der Waals surface area contributed by atoms with Crippen molar-refractivity contribution in [2.24, 2.45) is 0 Å². The van der Waals surface area contributed by atoms with Gasteiger partial charge in [-0.3, -0.25) is 9.48 Å². The van der Waals surface area contributed by atoms with Crippen LogP contribution in [0, 0.1) is 0 Å². The molecule has 3 aliphatic rings. The Labute approximate surface area is 210 Å². The molecule has 0 N–H and O–H groups in total. The number of amides is 1. The zero-order chi connectivity index (χ0) is 24.6. The maximum absolute atomic E-state index is 13.6. The molecule has 1 amide bonds. The number of aromatic nitrogens is 2. The van der Waals surface area contributed by atoms with Gasteiger partial charge in [0.25, 0.3) is 15.9 Å². The lowest BCUT2D eigenvalue weighted by Crippen LogP contribution is -2.49. The van der Waals surface area contributed by atoms with Crippen LogP contribution in [0.15, 0.2) is 35.5 Å². The SMILES string of the molecule is CCn1cc(C(=O)N2CCC3(CC2)OCCO3)c(S(=O)(=O)N2CCN(c3cccc(Cl)c3)CC2)n1. The number of piperazine rings is 1. The Bertz CT molecular complexity index is 1180. The number of nitrogens with zero attached hydrogens (tertiary/aromatic N) is 5. The smallest absolute Gasteiger partial charge is 0.263 e. The first-order valence-electron chi connectivity index (χ1n) is 12.0. The van der Waals surface area contributed by atoms with Gasteiger partial charge in [-0.1, -0.05) is 17.7 Å². The van der Waals surface area contributed by atoms with Crippen molar-refractivity contribution in [1.82, 2.24) is 19.0 Å². The molecule has 3 fully saturated rings. The topological polar surface area (TPSA) is 97.2 Å². The van der Waals surface area contributed by atoms with E-state index in [9.17, 15) is 13.2 Å². The largest absolute Gasteiger partial charge is 0.369 e. The van der Waals surface area contributed by atoms with E-state index >= 15 is 0 Å². The van der Waals surface area contributed by atoms with Crippen LogP contribution in [0.5, 0.6) is 0 Å². The maximum atomic E-state index is 13.6. The predicted octanol–water partition coefficient (Wildman–Crippen LogP) is 2.05. The number of aryl methyl sites for hydroxylation is 1. The summed E-state index contributed by atoms with van der Waals surface area (Å²) in [5, 5.41) is 4.78. The quantitative estimate of drug-likeness (QED) is 0.591. The molecule has 35 heavy (non-hydrogen) atoms. The highest BCUT2D eigenvalue weighted by Crippen LogP contribution is 2.32. The lowest BCUT2D eigenvalue weighted by molar-refractivity contribution is -0.181. The fourth-order valence-corrected chi connectivity index (χ4v) is 6.59. The molecule has 0 bridgehead atoms. The molecule has 12 heteroatoms. The molecule has 2 aromatic rings. The lowest BCUT2D eigenvalue weighted by atomic mass is 10.0. The van der Waals surface area contributed by atoms with Crippen molar-refractivity contribution in [3.05, 3.63) is 41.0 Å². The van der Waals surface area contributed by atoms with Crippen LogP contribution in [-0.2, 0) is 26.0 Å². The number of hydrogen-bond acceptors (Lipinski definition) is 7. The van der Waals surface area contributed by atoms with Crippen molar-refractivity contribution >= 4 is 33.2 Å². The summed E-state index contributed by atoms with van der Waals surface area (Å²) in [6.07, 6.45) is 2.67. The van der Waals surface area contributed by atoms with Crippen molar-refractivity contribution in [1.29, 1.82) is 0 Å². The fraction of sp³-hybridized carbons (Fsp3) is 0.565. The van der Waals surface area contributed by atoms with E-state index in [-0.39, 0.29) is 16.5 Å². The first-order chi connectivity index (χ1) is 16.8. The number of likely N-dealkylation sites (tertiary alicyclic amines) is 1. The van der Waals surface area contributed by atoms with E-state index in [1.54, 1.807) is 11.1 Å². The van der Waals surface area contributed by atoms with Crippen LogP contribution in [0.4, 0.5) is 5.69 Å². The van der Waals surface area contributed by atoms with Gasteiger partial charge < -0.3 is 19.3 Å². The van der Waals surface area contributed by atoms with Gasteiger partial charge in [0.1, 0.15) is 0 Å². The monoisotopic (exact) mass is 523 g/mol. The Morgan fingerprint density at radius 3 is 2.40 bits per heavy atom. The number of ether oxygens (including phenoxy) is 2. The van der Waals surface area contributed by atoms with E-state index in [2.05, 4.69) is 10.00 Å². The van der Waals surface area contributed by atoms with E-state index in [1.165, 1.54) is 8.99 Å². The van der Waals surface area contributed by atoms with E-state index < -0.39 is 15.8 Å². The van der Waals surface area contributed by atoms with Gasteiger partial charge in [-0.05, 0) is 25.1 Å². The summed E-state index contributed by atoms with van der Waals surface area (Å²) < 4.78 is 41.7. The Hall–Kier alpha value is -2.18.